The minimum atomic E-state index is -1.02. The van der Waals surface area contributed by atoms with Crippen molar-refractivity contribution in [3.63, 3.8) is 0 Å². The van der Waals surface area contributed by atoms with Gasteiger partial charge in [-0.15, -0.1) is 0 Å². The van der Waals surface area contributed by atoms with Gasteiger partial charge < -0.3 is 19.5 Å². The molecule has 1 aliphatic rings. The fourth-order valence-corrected chi connectivity index (χ4v) is 4.34. The lowest BCUT2D eigenvalue weighted by atomic mass is 9.88. The maximum atomic E-state index is 13.3. The third-order valence-electron chi connectivity index (χ3n) is 6.00. The van der Waals surface area contributed by atoms with E-state index in [9.17, 15) is 19.5 Å². The number of hydrogen-bond acceptors (Lipinski definition) is 5. The first kappa shape index (κ1) is 24.7. The molecule has 0 saturated heterocycles. The highest BCUT2D eigenvalue weighted by Crippen LogP contribution is 2.32. The van der Waals surface area contributed by atoms with E-state index in [0.29, 0.717) is 19.4 Å². The molecular formula is C24H35NO6. The van der Waals surface area contributed by atoms with Gasteiger partial charge in [0, 0.05) is 18.9 Å². The van der Waals surface area contributed by atoms with Crippen LogP contribution in [-0.2, 0) is 38.5 Å². The van der Waals surface area contributed by atoms with Crippen molar-refractivity contribution in [1.29, 1.82) is 0 Å². The summed E-state index contributed by atoms with van der Waals surface area (Å²) >= 11 is 0. The number of fused-ring (bicyclic) bond motifs is 1. The number of esters is 1. The monoisotopic (exact) mass is 433 g/mol. The molecule has 31 heavy (non-hydrogen) atoms. The highest BCUT2D eigenvalue weighted by atomic mass is 16.5. The minimum absolute atomic E-state index is 0.216. The van der Waals surface area contributed by atoms with Crippen LogP contribution in [0.2, 0.25) is 0 Å². The van der Waals surface area contributed by atoms with Crippen LogP contribution in [0.4, 0.5) is 0 Å². The van der Waals surface area contributed by atoms with Gasteiger partial charge in [-0.3, -0.25) is 9.59 Å². The fourth-order valence-electron chi connectivity index (χ4n) is 4.34. The van der Waals surface area contributed by atoms with Gasteiger partial charge in [0.1, 0.15) is 11.8 Å². The molecule has 0 aliphatic carbocycles. The molecule has 1 aliphatic heterocycles. The van der Waals surface area contributed by atoms with Crippen LogP contribution in [0.3, 0.4) is 0 Å². The first-order valence-electron chi connectivity index (χ1n) is 11.2. The molecule has 172 valence electrons. The molecule has 1 heterocycles. The summed E-state index contributed by atoms with van der Waals surface area (Å²) < 4.78 is 10.6. The number of carboxylic acids is 1. The number of rotatable bonds is 10. The largest absolute Gasteiger partial charge is 0.496 e. The Morgan fingerprint density at radius 2 is 1.90 bits per heavy atom. The molecule has 0 fully saturated rings. The predicted molar refractivity (Wildman–Crippen MR) is 117 cm³/mol. The molecule has 7 heteroatoms. The van der Waals surface area contributed by atoms with Crippen LogP contribution < -0.4 is 4.74 Å². The zero-order valence-corrected chi connectivity index (χ0v) is 19.3. The Morgan fingerprint density at radius 3 is 2.45 bits per heavy atom. The van der Waals surface area contributed by atoms with Crippen LogP contribution in [0, 0.1) is 11.8 Å². The second kappa shape index (κ2) is 11.2. The van der Waals surface area contributed by atoms with Crippen molar-refractivity contribution < 1.29 is 29.0 Å². The standard InChI is InChI=1S/C24H35NO6/c1-6-9-17(24(29)31-8-3)10-15(4)22(26)25-14-19-13-21(30-5)16(7-2)11-18(19)12-20(25)23(27)28/h11,13,15,17,20H,6-10,12,14H2,1-5H3,(H,27,28)/t15?,17?,20-/m0/s1. The second-order valence-corrected chi connectivity index (χ2v) is 8.19. The van der Waals surface area contributed by atoms with E-state index in [1.54, 1.807) is 21.0 Å². The third-order valence-corrected chi connectivity index (χ3v) is 6.00. The summed E-state index contributed by atoms with van der Waals surface area (Å²) in [5.41, 5.74) is 2.87. The Kier molecular flexibility index (Phi) is 8.89. The Morgan fingerprint density at radius 1 is 1.19 bits per heavy atom. The molecular weight excluding hydrogens is 398 g/mol. The number of ether oxygens (including phenoxy) is 2. The van der Waals surface area contributed by atoms with Crippen LogP contribution >= 0.6 is 0 Å². The number of benzene rings is 1. The summed E-state index contributed by atoms with van der Waals surface area (Å²) in [4.78, 5) is 39.0. The maximum absolute atomic E-state index is 13.3. The number of amides is 1. The molecule has 1 N–H and O–H groups in total. The van der Waals surface area contributed by atoms with Gasteiger partial charge in [-0.1, -0.05) is 33.3 Å². The highest BCUT2D eigenvalue weighted by Gasteiger charge is 2.38. The van der Waals surface area contributed by atoms with Gasteiger partial charge in [0.25, 0.3) is 0 Å². The maximum Gasteiger partial charge on any atom is 0.326 e. The molecule has 0 spiro atoms. The lowest BCUT2D eigenvalue weighted by Gasteiger charge is -2.37. The van der Waals surface area contributed by atoms with Crippen LogP contribution in [-0.4, -0.2) is 47.6 Å². The Labute approximate surface area is 184 Å². The predicted octanol–water partition coefficient (Wildman–Crippen LogP) is 3.60. The van der Waals surface area contributed by atoms with E-state index in [4.69, 9.17) is 9.47 Å². The first-order valence-corrected chi connectivity index (χ1v) is 11.2. The van der Waals surface area contributed by atoms with Crippen LogP contribution in [0.5, 0.6) is 5.75 Å². The zero-order chi connectivity index (χ0) is 23.1. The smallest absolute Gasteiger partial charge is 0.326 e. The number of methoxy groups -OCH3 is 1. The number of aryl methyl sites for hydroxylation is 1. The Balaban J connectivity index is 2.27. The van der Waals surface area contributed by atoms with E-state index in [2.05, 4.69) is 0 Å². The van der Waals surface area contributed by atoms with Crippen molar-refractivity contribution in [2.24, 2.45) is 11.8 Å². The Hall–Kier alpha value is -2.57. The number of carbonyl (C=O) groups is 3. The van der Waals surface area contributed by atoms with Crippen molar-refractivity contribution in [3.05, 3.63) is 28.8 Å². The highest BCUT2D eigenvalue weighted by molar-refractivity contribution is 5.86. The van der Waals surface area contributed by atoms with Crippen molar-refractivity contribution in [2.45, 2.75) is 72.4 Å². The average Bonchev–Trinajstić information content (AvgIpc) is 2.76. The number of aliphatic carboxylic acids is 1. The molecule has 2 unspecified atom stereocenters. The molecule has 0 bridgehead atoms. The lowest BCUT2D eigenvalue weighted by molar-refractivity contribution is -0.155. The topological polar surface area (TPSA) is 93.1 Å². The van der Waals surface area contributed by atoms with Gasteiger partial charge in [0.15, 0.2) is 0 Å². The summed E-state index contributed by atoms with van der Waals surface area (Å²) in [6.07, 6.45) is 2.83. The van der Waals surface area contributed by atoms with E-state index in [-0.39, 0.29) is 30.8 Å². The average molecular weight is 434 g/mol. The number of hydrogen-bond donors (Lipinski definition) is 1. The molecule has 1 aromatic rings. The molecule has 2 rings (SSSR count). The fraction of sp³-hybridized carbons (Fsp3) is 0.625. The SMILES string of the molecule is CCCC(CC(C)C(=O)N1Cc2cc(OC)c(CC)cc2C[C@H]1C(=O)O)C(=O)OCC. The Bertz CT molecular complexity index is 806. The minimum Gasteiger partial charge on any atom is -0.496 e. The van der Waals surface area contributed by atoms with E-state index >= 15 is 0 Å². The summed E-state index contributed by atoms with van der Waals surface area (Å²) in [7, 11) is 1.61. The second-order valence-electron chi connectivity index (χ2n) is 8.19. The van der Waals surface area contributed by atoms with E-state index in [1.807, 2.05) is 26.0 Å². The summed E-state index contributed by atoms with van der Waals surface area (Å²) in [6, 6.07) is 2.98. The molecule has 3 atom stereocenters. The number of nitrogens with zero attached hydrogens (tertiary/aromatic N) is 1. The normalized spacial score (nSPS) is 17.5. The summed E-state index contributed by atoms with van der Waals surface area (Å²) in [6.45, 7) is 8.05. The van der Waals surface area contributed by atoms with Gasteiger partial charge in [-0.05, 0) is 48.9 Å². The zero-order valence-electron chi connectivity index (χ0n) is 19.3. The van der Waals surface area contributed by atoms with E-state index in [0.717, 1.165) is 35.3 Å². The van der Waals surface area contributed by atoms with Gasteiger partial charge in [0.05, 0.1) is 19.6 Å². The quantitative estimate of drug-likeness (QED) is 0.567. The van der Waals surface area contributed by atoms with Gasteiger partial charge in [0.2, 0.25) is 5.91 Å². The van der Waals surface area contributed by atoms with Crippen molar-refractivity contribution in [2.75, 3.05) is 13.7 Å². The van der Waals surface area contributed by atoms with Gasteiger partial charge >= 0.3 is 11.9 Å². The first-order chi connectivity index (χ1) is 14.8. The molecule has 1 amide bonds. The lowest BCUT2D eigenvalue weighted by Crippen LogP contribution is -2.50. The number of carbonyl (C=O) groups excluding carboxylic acids is 2. The van der Waals surface area contributed by atoms with Gasteiger partial charge in [-0.2, -0.15) is 0 Å². The van der Waals surface area contributed by atoms with E-state index in [1.165, 1.54) is 4.90 Å². The molecule has 0 saturated carbocycles. The molecule has 0 radical (unpaired) electrons. The van der Waals surface area contributed by atoms with Gasteiger partial charge in [-0.25, -0.2) is 4.79 Å². The molecule has 0 aromatic heterocycles. The third kappa shape index (κ3) is 5.77. The molecule has 7 nitrogen and oxygen atoms in total. The summed E-state index contributed by atoms with van der Waals surface area (Å²) in [5, 5.41) is 9.82. The van der Waals surface area contributed by atoms with Crippen LogP contribution in [0.25, 0.3) is 0 Å². The van der Waals surface area contributed by atoms with Crippen LogP contribution in [0.1, 0.15) is 63.6 Å². The van der Waals surface area contributed by atoms with E-state index < -0.39 is 17.9 Å². The number of carboxylic acid groups (broad SMARTS) is 1. The molecule has 1 aromatic carbocycles. The van der Waals surface area contributed by atoms with Crippen molar-refractivity contribution in [1.82, 2.24) is 4.90 Å². The van der Waals surface area contributed by atoms with Crippen molar-refractivity contribution >= 4 is 17.8 Å². The van der Waals surface area contributed by atoms with Crippen molar-refractivity contribution in [3.8, 4) is 5.75 Å². The van der Waals surface area contributed by atoms with Crippen LogP contribution in [0.15, 0.2) is 12.1 Å². The summed E-state index contributed by atoms with van der Waals surface area (Å²) in [5.74, 6) is -1.66.